The quantitative estimate of drug-likeness (QED) is 0.155. The topological polar surface area (TPSA) is 72.8 Å². The number of carbonyl (C=O) groups excluding carboxylic acids is 1. The average molecular weight is 472 g/mol. The molecule has 3 aromatic carbocycles. The number of carbonyl (C=O) groups is 1. The van der Waals surface area contributed by atoms with Crippen molar-refractivity contribution in [2.24, 2.45) is 5.10 Å². The Labute approximate surface area is 192 Å². The molecule has 9 heteroatoms. The zero-order valence-electron chi connectivity index (χ0n) is 16.1. The third-order valence-electron chi connectivity index (χ3n) is 4.21. The molecule has 31 heavy (non-hydrogen) atoms. The van der Waals surface area contributed by atoms with Crippen molar-refractivity contribution in [3.63, 3.8) is 0 Å². The first-order chi connectivity index (χ1) is 15.0. The standard InChI is InChI=1S/C22H15Cl2N3O3S/c1-29-19-10-13(12-25-27-22-26-17-4-2-3-5-20(17)31-22)6-9-18(19)30-21(28)14-7-8-15(23)16(24)11-14/h2-12H,1H3,(H,26,27)/b25-12-. The third-order valence-corrected chi connectivity index (χ3v) is 5.89. The number of esters is 1. The molecule has 156 valence electrons. The normalized spacial score (nSPS) is 11.1. The van der Waals surface area contributed by atoms with Crippen molar-refractivity contribution in [1.82, 2.24) is 4.98 Å². The summed E-state index contributed by atoms with van der Waals surface area (Å²) in [6, 6.07) is 17.5. The Balaban J connectivity index is 1.46. The molecule has 4 rings (SSSR count). The maximum absolute atomic E-state index is 12.4. The first-order valence-corrected chi connectivity index (χ1v) is 10.6. The van der Waals surface area contributed by atoms with Crippen molar-refractivity contribution in [3.05, 3.63) is 81.8 Å². The van der Waals surface area contributed by atoms with E-state index in [4.69, 9.17) is 32.7 Å². The van der Waals surface area contributed by atoms with Crippen molar-refractivity contribution in [2.75, 3.05) is 12.5 Å². The van der Waals surface area contributed by atoms with Gasteiger partial charge < -0.3 is 9.47 Å². The van der Waals surface area contributed by atoms with Gasteiger partial charge in [-0.3, -0.25) is 5.43 Å². The number of hydrogen-bond donors (Lipinski definition) is 1. The average Bonchev–Trinajstić information content (AvgIpc) is 3.19. The zero-order valence-corrected chi connectivity index (χ0v) is 18.5. The van der Waals surface area contributed by atoms with Gasteiger partial charge in [0.25, 0.3) is 0 Å². The number of anilines is 1. The van der Waals surface area contributed by atoms with Crippen LogP contribution >= 0.6 is 34.5 Å². The minimum absolute atomic E-state index is 0.273. The summed E-state index contributed by atoms with van der Waals surface area (Å²) in [6.07, 6.45) is 1.62. The molecule has 0 atom stereocenters. The van der Waals surface area contributed by atoms with Crippen LogP contribution in [0.5, 0.6) is 11.5 Å². The first-order valence-electron chi connectivity index (χ1n) is 9.03. The van der Waals surface area contributed by atoms with Crippen molar-refractivity contribution < 1.29 is 14.3 Å². The number of nitrogens with one attached hydrogen (secondary N) is 1. The monoisotopic (exact) mass is 471 g/mol. The van der Waals surface area contributed by atoms with Crippen LogP contribution in [-0.4, -0.2) is 24.3 Å². The van der Waals surface area contributed by atoms with E-state index >= 15 is 0 Å². The number of nitrogens with zero attached hydrogens (tertiary/aromatic N) is 2. The lowest BCUT2D eigenvalue weighted by Gasteiger charge is -2.10. The third kappa shape index (κ3) is 4.96. The molecule has 1 heterocycles. The lowest BCUT2D eigenvalue weighted by Crippen LogP contribution is -2.09. The van der Waals surface area contributed by atoms with Gasteiger partial charge in [0.15, 0.2) is 11.5 Å². The van der Waals surface area contributed by atoms with Gasteiger partial charge in [-0.2, -0.15) is 5.10 Å². The number of methoxy groups -OCH3 is 1. The van der Waals surface area contributed by atoms with Gasteiger partial charge in [0.05, 0.1) is 39.1 Å². The first kappa shape index (κ1) is 21.1. The summed E-state index contributed by atoms with van der Waals surface area (Å²) in [5.41, 5.74) is 4.87. The maximum Gasteiger partial charge on any atom is 0.343 e. The second-order valence-electron chi connectivity index (χ2n) is 6.29. The summed E-state index contributed by atoms with van der Waals surface area (Å²) in [5, 5.41) is 5.55. The fourth-order valence-electron chi connectivity index (χ4n) is 2.71. The lowest BCUT2D eigenvalue weighted by molar-refractivity contribution is 0.0729. The molecule has 0 bridgehead atoms. The predicted octanol–water partition coefficient (Wildman–Crippen LogP) is 6.28. The Kier molecular flexibility index (Phi) is 6.36. The van der Waals surface area contributed by atoms with Crippen LogP contribution in [0.3, 0.4) is 0 Å². The molecule has 0 fully saturated rings. The van der Waals surface area contributed by atoms with E-state index in [9.17, 15) is 4.79 Å². The number of fused-ring (bicyclic) bond motifs is 1. The molecule has 0 saturated heterocycles. The Bertz CT molecular complexity index is 1260. The molecular formula is C22H15Cl2N3O3S. The van der Waals surface area contributed by atoms with Crippen LogP contribution in [-0.2, 0) is 0 Å². The molecule has 0 aliphatic carbocycles. The van der Waals surface area contributed by atoms with E-state index in [1.165, 1.54) is 36.6 Å². The number of benzene rings is 3. The van der Waals surface area contributed by atoms with Gasteiger partial charge in [0.2, 0.25) is 5.13 Å². The van der Waals surface area contributed by atoms with Gasteiger partial charge in [-0.25, -0.2) is 9.78 Å². The number of thiazole rings is 1. The summed E-state index contributed by atoms with van der Waals surface area (Å²) in [7, 11) is 1.49. The van der Waals surface area contributed by atoms with Crippen molar-refractivity contribution in [2.45, 2.75) is 0 Å². The molecule has 1 N–H and O–H groups in total. The van der Waals surface area contributed by atoms with Crippen molar-refractivity contribution in [3.8, 4) is 11.5 Å². The summed E-state index contributed by atoms with van der Waals surface area (Å²) in [5.74, 6) is 0.0861. The van der Waals surface area contributed by atoms with E-state index in [0.29, 0.717) is 15.9 Å². The number of hydrazone groups is 1. The SMILES string of the molecule is COc1cc(/C=N\Nc2nc3ccccc3s2)ccc1OC(=O)c1ccc(Cl)c(Cl)c1. The van der Waals surface area contributed by atoms with Crippen LogP contribution in [0.25, 0.3) is 10.2 Å². The van der Waals surface area contributed by atoms with E-state index in [1.807, 2.05) is 24.3 Å². The minimum Gasteiger partial charge on any atom is -0.493 e. The van der Waals surface area contributed by atoms with E-state index in [2.05, 4.69) is 15.5 Å². The highest BCUT2D eigenvalue weighted by Gasteiger charge is 2.14. The number of aromatic nitrogens is 1. The van der Waals surface area contributed by atoms with E-state index in [0.717, 1.165) is 15.8 Å². The zero-order chi connectivity index (χ0) is 21.8. The fourth-order valence-corrected chi connectivity index (χ4v) is 3.83. The van der Waals surface area contributed by atoms with Crippen molar-refractivity contribution in [1.29, 1.82) is 0 Å². The second-order valence-corrected chi connectivity index (χ2v) is 8.13. The molecular weight excluding hydrogens is 457 g/mol. The molecule has 0 saturated carbocycles. The number of rotatable bonds is 6. The van der Waals surface area contributed by atoms with Gasteiger partial charge in [-0.05, 0) is 54.1 Å². The highest BCUT2D eigenvalue weighted by atomic mass is 35.5. The Morgan fingerprint density at radius 1 is 1.06 bits per heavy atom. The number of para-hydroxylation sites is 1. The maximum atomic E-state index is 12.4. The summed E-state index contributed by atoms with van der Waals surface area (Å²) in [4.78, 5) is 16.9. The van der Waals surface area contributed by atoms with Crippen LogP contribution in [0.15, 0.2) is 65.8 Å². The number of ether oxygens (including phenoxy) is 2. The largest absolute Gasteiger partial charge is 0.493 e. The molecule has 4 aromatic rings. The van der Waals surface area contributed by atoms with Crippen LogP contribution in [0.4, 0.5) is 5.13 Å². The van der Waals surface area contributed by atoms with Gasteiger partial charge in [-0.15, -0.1) is 0 Å². The van der Waals surface area contributed by atoms with Crippen LogP contribution in [0, 0.1) is 0 Å². The number of halogens is 2. The molecule has 0 aliphatic rings. The van der Waals surface area contributed by atoms with Gasteiger partial charge in [0.1, 0.15) is 0 Å². The van der Waals surface area contributed by atoms with Gasteiger partial charge in [-0.1, -0.05) is 46.7 Å². The minimum atomic E-state index is -0.573. The fraction of sp³-hybridized carbons (Fsp3) is 0.0455. The molecule has 0 radical (unpaired) electrons. The molecule has 0 aliphatic heterocycles. The second kappa shape index (κ2) is 9.34. The molecule has 6 nitrogen and oxygen atoms in total. The molecule has 0 spiro atoms. The lowest BCUT2D eigenvalue weighted by atomic mass is 10.2. The van der Waals surface area contributed by atoms with Crippen LogP contribution < -0.4 is 14.9 Å². The summed E-state index contributed by atoms with van der Waals surface area (Å²) in [6.45, 7) is 0. The Morgan fingerprint density at radius 3 is 2.68 bits per heavy atom. The molecule has 0 unspecified atom stereocenters. The highest BCUT2D eigenvalue weighted by molar-refractivity contribution is 7.22. The van der Waals surface area contributed by atoms with Crippen LogP contribution in [0.1, 0.15) is 15.9 Å². The van der Waals surface area contributed by atoms with E-state index in [1.54, 1.807) is 24.4 Å². The summed E-state index contributed by atoms with van der Waals surface area (Å²) < 4.78 is 11.9. The smallest absolute Gasteiger partial charge is 0.343 e. The Morgan fingerprint density at radius 2 is 1.90 bits per heavy atom. The van der Waals surface area contributed by atoms with Crippen LogP contribution in [0.2, 0.25) is 10.0 Å². The highest BCUT2D eigenvalue weighted by Crippen LogP contribution is 2.30. The predicted molar refractivity (Wildman–Crippen MR) is 125 cm³/mol. The van der Waals surface area contributed by atoms with E-state index < -0.39 is 5.97 Å². The molecule has 0 amide bonds. The number of hydrogen-bond acceptors (Lipinski definition) is 7. The van der Waals surface area contributed by atoms with Crippen molar-refractivity contribution >= 4 is 62.1 Å². The Hall–Kier alpha value is -3.13. The van der Waals surface area contributed by atoms with E-state index in [-0.39, 0.29) is 16.3 Å². The van der Waals surface area contributed by atoms with Gasteiger partial charge in [0, 0.05) is 0 Å². The molecule has 1 aromatic heterocycles. The summed E-state index contributed by atoms with van der Waals surface area (Å²) >= 11 is 13.4. The van der Waals surface area contributed by atoms with Gasteiger partial charge >= 0.3 is 5.97 Å².